The van der Waals surface area contributed by atoms with Gasteiger partial charge < -0.3 is 5.32 Å². The zero-order valence-electron chi connectivity index (χ0n) is 17.1. The van der Waals surface area contributed by atoms with Gasteiger partial charge in [0.15, 0.2) is 0 Å². The van der Waals surface area contributed by atoms with Crippen LogP contribution in [0.5, 0.6) is 0 Å². The number of hydrogen-bond acceptors (Lipinski definition) is 3. The van der Waals surface area contributed by atoms with Gasteiger partial charge in [0.2, 0.25) is 5.91 Å². The van der Waals surface area contributed by atoms with Gasteiger partial charge in [-0.05, 0) is 59.5 Å². The highest BCUT2D eigenvalue weighted by atomic mass is 35.5. The Morgan fingerprint density at radius 3 is 2.33 bits per heavy atom. The van der Waals surface area contributed by atoms with Crippen LogP contribution in [0, 0.1) is 0 Å². The number of carbonyl (C=O) groups excluding carboxylic acids is 1. The molecule has 0 bridgehead atoms. The molecule has 0 saturated heterocycles. The number of carbonyl (C=O) groups is 1. The highest BCUT2D eigenvalue weighted by molar-refractivity contribution is 7.92. The van der Waals surface area contributed by atoms with E-state index < -0.39 is 10.0 Å². The first-order chi connectivity index (χ1) is 15.8. The van der Waals surface area contributed by atoms with E-state index in [1.807, 2.05) is 30.3 Å². The second-order valence-corrected chi connectivity index (χ2v) is 9.67. The van der Waals surface area contributed by atoms with Gasteiger partial charge in [0.1, 0.15) is 0 Å². The molecule has 4 aromatic carbocycles. The number of anilines is 2. The number of amides is 1. The Balaban J connectivity index is 1.46. The summed E-state index contributed by atoms with van der Waals surface area (Å²) in [6, 6.07) is 23.8. The summed E-state index contributed by atoms with van der Waals surface area (Å²) in [4.78, 5) is 12.3. The molecule has 33 heavy (non-hydrogen) atoms. The number of sulfonamides is 1. The molecule has 4 rings (SSSR count). The monoisotopic (exact) mass is 496 g/mol. The van der Waals surface area contributed by atoms with Crippen LogP contribution in [0.3, 0.4) is 0 Å². The lowest BCUT2D eigenvalue weighted by Crippen LogP contribution is -2.13. The smallest absolute Gasteiger partial charge is 0.261 e. The predicted molar refractivity (Wildman–Crippen MR) is 135 cm³/mol. The standard InChI is InChI=1S/C25H18Cl2N2O3S/c26-19-10-8-18(23(27)16-19)9-15-25(30)28-20-11-13-21(14-12-20)33(31,32)29-24-7-3-5-17-4-1-2-6-22(17)24/h1-16,29H,(H,28,30)/b15-9+. The molecule has 1 amide bonds. The van der Waals surface area contributed by atoms with Crippen LogP contribution < -0.4 is 10.0 Å². The molecule has 0 saturated carbocycles. The minimum absolute atomic E-state index is 0.0805. The average molecular weight is 497 g/mol. The first-order valence-corrected chi connectivity index (χ1v) is 12.1. The van der Waals surface area contributed by atoms with Crippen molar-refractivity contribution in [3.63, 3.8) is 0 Å². The zero-order valence-corrected chi connectivity index (χ0v) is 19.5. The second kappa shape index (κ2) is 9.67. The lowest BCUT2D eigenvalue weighted by molar-refractivity contribution is -0.111. The van der Waals surface area contributed by atoms with E-state index in [1.165, 1.54) is 30.3 Å². The summed E-state index contributed by atoms with van der Waals surface area (Å²) in [5, 5.41) is 5.36. The Morgan fingerprint density at radius 2 is 1.58 bits per heavy atom. The summed E-state index contributed by atoms with van der Waals surface area (Å²) in [6.45, 7) is 0. The van der Waals surface area contributed by atoms with Crippen LogP contribution in [0.4, 0.5) is 11.4 Å². The quantitative estimate of drug-likeness (QED) is 0.295. The summed E-state index contributed by atoms with van der Waals surface area (Å²) in [5.41, 5.74) is 1.60. The molecule has 0 radical (unpaired) electrons. The fraction of sp³-hybridized carbons (Fsp3) is 0. The molecule has 0 spiro atoms. The molecule has 0 unspecified atom stereocenters. The highest BCUT2D eigenvalue weighted by Gasteiger charge is 2.15. The van der Waals surface area contributed by atoms with E-state index in [-0.39, 0.29) is 10.8 Å². The predicted octanol–water partition coefficient (Wildman–Crippen LogP) is 6.60. The number of hydrogen-bond donors (Lipinski definition) is 2. The normalized spacial score (nSPS) is 11.6. The fourth-order valence-corrected chi connectivity index (χ4v) is 4.77. The third-order valence-corrected chi connectivity index (χ3v) is 6.79. The summed E-state index contributed by atoms with van der Waals surface area (Å²) in [5.74, 6) is -0.384. The largest absolute Gasteiger partial charge is 0.323 e. The van der Waals surface area contributed by atoms with E-state index in [9.17, 15) is 13.2 Å². The van der Waals surface area contributed by atoms with Crippen molar-refractivity contribution in [1.82, 2.24) is 0 Å². The van der Waals surface area contributed by atoms with E-state index in [2.05, 4.69) is 10.0 Å². The lowest BCUT2D eigenvalue weighted by atomic mass is 10.1. The van der Waals surface area contributed by atoms with Gasteiger partial charge in [-0.3, -0.25) is 9.52 Å². The average Bonchev–Trinajstić information content (AvgIpc) is 2.79. The van der Waals surface area contributed by atoms with Crippen LogP contribution in [-0.2, 0) is 14.8 Å². The van der Waals surface area contributed by atoms with Gasteiger partial charge in [0.25, 0.3) is 10.0 Å². The Bertz CT molecular complexity index is 1460. The summed E-state index contributed by atoms with van der Waals surface area (Å²) in [7, 11) is -3.81. The molecule has 166 valence electrons. The van der Waals surface area contributed by atoms with E-state index >= 15 is 0 Å². The van der Waals surface area contributed by atoms with E-state index in [0.717, 1.165) is 10.8 Å². The van der Waals surface area contributed by atoms with Crippen molar-refractivity contribution in [1.29, 1.82) is 0 Å². The fourth-order valence-electron chi connectivity index (χ4n) is 3.22. The molecule has 0 atom stereocenters. The highest BCUT2D eigenvalue weighted by Crippen LogP contribution is 2.26. The van der Waals surface area contributed by atoms with E-state index in [1.54, 1.807) is 36.4 Å². The van der Waals surface area contributed by atoms with Crippen molar-refractivity contribution in [2.24, 2.45) is 0 Å². The van der Waals surface area contributed by atoms with Gasteiger partial charge in [0, 0.05) is 27.2 Å². The number of halogens is 2. The molecule has 8 heteroatoms. The van der Waals surface area contributed by atoms with Crippen LogP contribution in [0.15, 0.2) is 95.9 Å². The van der Waals surface area contributed by atoms with Crippen LogP contribution in [0.2, 0.25) is 10.0 Å². The van der Waals surface area contributed by atoms with Crippen molar-refractivity contribution < 1.29 is 13.2 Å². The van der Waals surface area contributed by atoms with E-state index in [0.29, 0.717) is 27.0 Å². The first-order valence-electron chi connectivity index (χ1n) is 9.87. The van der Waals surface area contributed by atoms with Gasteiger partial charge >= 0.3 is 0 Å². The maximum atomic E-state index is 12.9. The number of benzene rings is 4. The summed E-state index contributed by atoms with van der Waals surface area (Å²) in [6.07, 6.45) is 2.91. The molecular weight excluding hydrogens is 479 g/mol. The van der Waals surface area contributed by atoms with Gasteiger partial charge in [-0.25, -0.2) is 8.42 Å². The molecule has 4 aromatic rings. The molecular formula is C25H18Cl2N2O3S. The van der Waals surface area contributed by atoms with Crippen molar-refractivity contribution >= 4 is 67.4 Å². The topological polar surface area (TPSA) is 75.3 Å². The third kappa shape index (κ3) is 5.54. The maximum absolute atomic E-state index is 12.9. The molecule has 0 heterocycles. The Labute approximate surface area is 201 Å². The van der Waals surface area contributed by atoms with Gasteiger partial charge in [0.05, 0.1) is 10.6 Å². The molecule has 0 aliphatic heterocycles. The molecule has 2 N–H and O–H groups in total. The molecule has 0 aliphatic rings. The van der Waals surface area contributed by atoms with Crippen LogP contribution in [-0.4, -0.2) is 14.3 Å². The van der Waals surface area contributed by atoms with Crippen LogP contribution in [0.25, 0.3) is 16.8 Å². The molecule has 0 aromatic heterocycles. The summed E-state index contributed by atoms with van der Waals surface area (Å²) < 4.78 is 28.4. The molecule has 0 aliphatic carbocycles. The van der Waals surface area contributed by atoms with Crippen molar-refractivity contribution in [2.45, 2.75) is 4.90 Å². The van der Waals surface area contributed by atoms with Crippen LogP contribution >= 0.6 is 23.2 Å². The molecule has 0 fully saturated rings. The number of nitrogens with one attached hydrogen (secondary N) is 2. The maximum Gasteiger partial charge on any atom is 0.261 e. The zero-order chi connectivity index (χ0) is 23.4. The molecule has 5 nitrogen and oxygen atoms in total. The SMILES string of the molecule is O=C(/C=C/c1ccc(Cl)cc1Cl)Nc1ccc(S(=O)(=O)Nc2cccc3ccccc23)cc1. The second-order valence-electron chi connectivity index (χ2n) is 7.15. The number of fused-ring (bicyclic) bond motifs is 1. The Hall–Kier alpha value is -3.32. The van der Waals surface area contributed by atoms with Gasteiger partial charge in [-0.1, -0.05) is 65.7 Å². The minimum Gasteiger partial charge on any atom is -0.323 e. The minimum atomic E-state index is -3.81. The summed E-state index contributed by atoms with van der Waals surface area (Å²) >= 11 is 12.0. The van der Waals surface area contributed by atoms with Crippen molar-refractivity contribution in [3.8, 4) is 0 Å². The van der Waals surface area contributed by atoms with Gasteiger partial charge in [-0.15, -0.1) is 0 Å². The first kappa shape index (κ1) is 22.9. The van der Waals surface area contributed by atoms with Crippen molar-refractivity contribution in [2.75, 3.05) is 10.0 Å². The van der Waals surface area contributed by atoms with Crippen molar-refractivity contribution in [3.05, 3.63) is 107 Å². The Morgan fingerprint density at radius 1 is 0.848 bits per heavy atom. The Kier molecular flexibility index (Phi) is 6.70. The number of rotatable bonds is 6. The third-order valence-electron chi connectivity index (χ3n) is 4.84. The lowest BCUT2D eigenvalue weighted by Gasteiger charge is -2.11. The van der Waals surface area contributed by atoms with Crippen LogP contribution in [0.1, 0.15) is 5.56 Å². The van der Waals surface area contributed by atoms with Gasteiger partial charge in [-0.2, -0.15) is 0 Å². The van der Waals surface area contributed by atoms with E-state index in [4.69, 9.17) is 23.2 Å².